The fraction of sp³-hybridized carbons (Fsp3) is 0.0690. The number of hydrogen-bond acceptors (Lipinski definition) is 4. The molecule has 1 aliphatic carbocycles. The Bertz CT molecular complexity index is 1670. The van der Waals surface area contributed by atoms with Gasteiger partial charge in [-0.1, -0.05) is 78.4 Å². The third-order valence-electron chi connectivity index (χ3n) is 6.56. The summed E-state index contributed by atoms with van der Waals surface area (Å²) in [6, 6.07) is 30.9. The number of aromatic nitrogens is 1. The van der Waals surface area contributed by atoms with Gasteiger partial charge >= 0.3 is 0 Å². The van der Waals surface area contributed by atoms with Crippen molar-refractivity contribution in [3.63, 3.8) is 0 Å². The zero-order chi connectivity index (χ0) is 24.0. The normalized spacial score (nSPS) is 14.6. The van der Waals surface area contributed by atoms with E-state index in [0.717, 1.165) is 49.8 Å². The molecule has 0 saturated heterocycles. The number of nitrogens with zero attached hydrogens (tertiary/aromatic N) is 1. The Hall–Kier alpha value is -3.84. The van der Waals surface area contributed by atoms with Crippen molar-refractivity contribution >= 4 is 20.9 Å². The molecule has 1 aromatic heterocycles. The quantitative estimate of drug-likeness (QED) is 0.316. The van der Waals surface area contributed by atoms with Gasteiger partial charge in [0.05, 0.1) is 16.5 Å². The van der Waals surface area contributed by atoms with Crippen LogP contribution >= 0.6 is 0 Å². The highest BCUT2D eigenvalue weighted by Gasteiger charge is 2.32. The molecule has 6 heteroatoms. The molecule has 1 heterocycles. The van der Waals surface area contributed by atoms with Gasteiger partial charge in [0.2, 0.25) is 0 Å². The fourth-order valence-corrected chi connectivity index (χ4v) is 5.77. The molecular weight excluding hydrogens is 454 g/mol. The van der Waals surface area contributed by atoms with Crippen LogP contribution in [0.15, 0.2) is 108 Å². The third kappa shape index (κ3) is 3.72. The van der Waals surface area contributed by atoms with Gasteiger partial charge < -0.3 is 0 Å². The van der Waals surface area contributed by atoms with Crippen LogP contribution in [0.4, 0.5) is 0 Å². The van der Waals surface area contributed by atoms with E-state index in [-0.39, 0.29) is 10.9 Å². The molecule has 1 atom stereocenters. The van der Waals surface area contributed by atoms with Crippen molar-refractivity contribution < 1.29 is 8.42 Å². The van der Waals surface area contributed by atoms with Gasteiger partial charge in [-0.3, -0.25) is 4.98 Å². The summed E-state index contributed by atoms with van der Waals surface area (Å²) in [4.78, 5) is 7.38. The Morgan fingerprint density at radius 2 is 1.40 bits per heavy atom. The lowest BCUT2D eigenvalue weighted by atomic mass is 9.92. The molecule has 5 nitrogen and oxygen atoms in total. The lowest BCUT2D eigenvalue weighted by molar-refractivity contribution is 0.533. The van der Waals surface area contributed by atoms with E-state index in [9.17, 15) is 8.42 Å². The SMILES string of the molecule is Cc1ccc(S(=O)(=O)NNC2c3ccccc3-c3cccc(-c4ccnc5ccccc45)c32)cc1. The highest BCUT2D eigenvalue weighted by atomic mass is 32.2. The lowest BCUT2D eigenvalue weighted by Crippen LogP contribution is -2.39. The molecule has 0 fully saturated rings. The van der Waals surface area contributed by atoms with Gasteiger partial charge in [0.1, 0.15) is 0 Å². The Kier molecular flexibility index (Phi) is 5.22. The van der Waals surface area contributed by atoms with Gasteiger partial charge in [0, 0.05) is 11.6 Å². The number of fused-ring (bicyclic) bond motifs is 4. The molecular formula is C29H23N3O2S. The predicted octanol–water partition coefficient (Wildman–Crippen LogP) is 5.76. The van der Waals surface area contributed by atoms with Crippen molar-refractivity contribution in [3.8, 4) is 22.3 Å². The van der Waals surface area contributed by atoms with Gasteiger partial charge in [-0.25, -0.2) is 13.8 Å². The number of hydrazine groups is 1. The summed E-state index contributed by atoms with van der Waals surface area (Å²) in [7, 11) is -3.75. The Balaban J connectivity index is 1.47. The van der Waals surface area contributed by atoms with Crippen LogP contribution in [0, 0.1) is 6.92 Å². The van der Waals surface area contributed by atoms with Crippen LogP contribution in [0.5, 0.6) is 0 Å². The van der Waals surface area contributed by atoms with Crippen LogP contribution in [-0.4, -0.2) is 13.4 Å². The smallest absolute Gasteiger partial charge is 0.253 e. The number of aryl methyl sites for hydroxylation is 1. The average molecular weight is 478 g/mol. The minimum absolute atomic E-state index is 0.218. The summed E-state index contributed by atoms with van der Waals surface area (Å²) in [5, 5.41) is 1.05. The van der Waals surface area contributed by atoms with E-state index in [4.69, 9.17) is 0 Å². The molecule has 0 bridgehead atoms. The molecule has 6 rings (SSSR count). The Morgan fingerprint density at radius 3 is 2.23 bits per heavy atom. The number of rotatable bonds is 5. The molecule has 0 amide bonds. The largest absolute Gasteiger partial charge is 0.256 e. The zero-order valence-corrected chi connectivity index (χ0v) is 19.9. The second-order valence-electron chi connectivity index (χ2n) is 8.73. The molecule has 4 aromatic carbocycles. The molecule has 0 aliphatic heterocycles. The number of hydrogen-bond donors (Lipinski definition) is 2. The first-order valence-electron chi connectivity index (χ1n) is 11.4. The predicted molar refractivity (Wildman–Crippen MR) is 139 cm³/mol. The number of benzene rings is 4. The number of sulfonamides is 1. The Morgan fingerprint density at radius 1 is 0.714 bits per heavy atom. The highest BCUT2D eigenvalue weighted by molar-refractivity contribution is 7.89. The van der Waals surface area contributed by atoms with Gasteiger partial charge in [0.25, 0.3) is 10.0 Å². The molecule has 1 aliphatic rings. The summed E-state index contributed by atoms with van der Waals surface area (Å²) in [5.41, 5.74) is 11.4. The fourth-order valence-electron chi connectivity index (χ4n) is 4.89. The summed E-state index contributed by atoms with van der Waals surface area (Å²) in [5.74, 6) is 0. The van der Waals surface area contributed by atoms with Gasteiger partial charge in [-0.05, 0) is 64.6 Å². The van der Waals surface area contributed by atoms with Crippen molar-refractivity contribution in [2.24, 2.45) is 0 Å². The standard InChI is InChI=1S/C29H23N3O2S/c1-19-13-15-20(16-14-19)35(33,34)32-31-29-26-9-3-2-7-21(26)24-10-6-11-25(28(24)29)22-17-18-30-27-12-5-4-8-23(22)27/h2-18,29,31-32H,1H3. The maximum atomic E-state index is 13.1. The van der Waals surface area contributed by atoms with E-state index in [2.05, 4.69) is 45.6 Å². The number of pyridine rings is 1. The molecule has 1 unspecified atom stereocenters. The maximum Gasteiger partial charge on any atom is 0.253 e. The first-order chi connectivity index (χ1) is 17.0. The third-order valence-corrected chi connectivity index (χ3v) is 7.84. The minimum atomic E-state index is -3.75. The van der Waals surface area contributed by atoms with Crippen LogP contribution in [-0.2, 0) is 10.0 Å². The molecule has 0 spiro atoms. The van der Waals surface area contributed by atoms with Crippen molar-refractivity contribution in [3.05, 3.63) is 120 Å². The summed E-state index contributed by atoms with van der Waals surface area (Å²) in [6.07, 6.45) is 1.82. The first-order valence-corrected chi connectivity index (χ1v) is 12.9. The van der Waals surface area contributed by atoms with Crippen LogP contribution in [0.2, 0.25) is 0 Å². The van der Waals surface area contributed by atoms with Crippen LogP contribution in [0.1, 0.15) is 22.7 Å². The number of nitrogens with one attached hydrogen (secondary N) is 2. The second-order valence-corrected chi connectivity index (χ2v) is 10.4. The molecule has 0 saturated carbocycles. The van der Waals surface area contributed by atoms with Crippen molar-refractivity contribution in [2.45, 2.75) is 17.9 Å². The Labute approximate surface area is 204 Å². The zero-order valence-electron chi connectivity index (χ0n) is 19.1. The molecule has 172 valence electrons. The molecule has 2 N–H and O–H groups in total. The van der Waals surface area contributed by atoms with Crippen molar-refractivity contribution in [2.75, 3.05) is 0 Å². The molecule has 35 heavy (non-hydrogen) atoms. The van der Waals surface area contributed by atoms with E-state index in [1.165, 1.54) is 0 Å². The summed E-state index contributed by atoms with van der Waals surface area (Å²) >= 11 is 0. The van der Waals surface area contributed by atoms with Crippen LogP contribution < -0.4 is 10.3 Å². The topological polar surface area (TPSA) is 71.1 Å². The summed E-state index contributed by atoms with van der Waals surface area (Å²) < 4.78 is 26.1. The monoisotopic (exact) mass is 477 g/mol. The van der Waals surface area contributed by atoms with E-state index in [0.29, 0.717) is 0 Å². The van der Waals surface area contributed by atoms with Crippen molar-refractivity contribution in [1.29, 1.82) is 0 Å². The minimum Gasteiger partial charge on any atom is -0.256 e. The maximum absolute atomic E-state index is 13.1. The second kappa shape index (κ2) is 8.43. The highest BCUT2D eigenvalue weighted by Crippen LogP contribution is 2.48. The van der Waals surface area contributed by atoms with E-state index in [1.807, 2.05) is 55.6 Å². The summed E-state index contributed by atoms with van der Waals surface area (Å²) in [6.45, 7) is 1.93. The van der Waals surface area contributed by atoms with Crippen molar-refractivity contribution in [1.82, 2.24) is 15.2 Å². The van der Waals surface area contributed by atoms with Crippen LogP contribution in [0.25, 0.3) is 33.2 Å². The lowest BCUT2D eigenvalue weighted by Gasteiger charge is -2.20. The average Bonchev–Trinajstić information content (AvgIpc) is 3.21. The molecule has 5 aromatic rings. The first kappa shape index (κ1) is 21.7. The number of para-hydroxylation sites is 1. The van der Waals surface area contributed by atoms with E-state index in [1.54, 1.807) is 24.3 Å². The van der Waals surface area contributed by atoms with Gasteiger partial charge in [-0.15, -0.1) is 4.83 Å². The molecule has 0 radical (unpaired) electrons. The van der Waals surface area contributed by atoms with E-state index < -0.39 is 10.0 Å². The van der Waals surface area contributed by atoms with E-state index >= 15 is 0 Å². The van der Waals surface area contributed by atoms with Gasteiger partial charge in [-0.2, -0.15) is 0 Å². The van der Waals surface area contributed by atoms with Crippen LogP contribution in [0.3, 0.4) is 0 Å². The van der Waals surface area contributed by atoms with Gasteiger partial charge in [0.15, 0.2) is 0 Å².